The van der Waals surface area contributed by atoms with Crippen LogP contribution in [0.3, 0.4) is 0 Å². The van der Waals surface area contributed by atoms with Gasteiger partial charge < -0.3 is 4.42 Å². The van der Waals surface area contributed by atoms with E-state index in [2.05, 4.69) is 127 Å². The van der Waals surface area contributed by atoms with Crippen LogP contribution in [0.2, 0.25) is 0 Å². The summed E-state index contributed by atoms with van der Waals surface area (Å²) in [6.07, 6.45) is 0. The average molecular weight is 715 g/mol. The predicted molar refractivity (Wildman–Crippen MR) is 223 cm³/mol. The molecule has 2 aliphatic rings. The summed E-state index contributed by atoms with van der Waals surface area (Å²) in [6, 6.07) is 63.8. The molecule has 12 rings (SSSR count). The first-order valence-electron chi connectivity index (χ1n) is 18.9. The first-order valence-corrected chi connectivity index (χ1v) is 18.9. The van der Waals surface area contributed by atoms with E-state index in [0.29, 0.717) is 28.9 Å². The highest BCUT2D eigenvalue weighted by Crippen LogP contribution is 2.63. The van der Waals surface area contributed by atoms with Gasteiger partial charge in [0, 0.05) is 27.6 Å². The van der Waals surface area contributed by atoms with Crippen LogP contribution >= 0.6 is 0 Å². The highest BCUT2D eigenvalue weighted by atomic mass is 16.3. The lowest BCUT2D eigenvalue weighted by atomic mass is 9.70. The van der Waals surface area contributed by atoms with Gasteiger partial charge in [0.25, 0.3) is 0 Å². The minimum Gasteiger partial charge on any atom is -0.435 e. The quantitative estimate of drug-likeness (QED) is 0.182. The third-order valence-corrected chi connectivity index (χ3v) is 11.6. The minimum absolute atomic E-state index is 0.475. The van der Waals surface area contributed by atoms with Crippen LogP contribution in [-0.2, 0) is 5.41 Å². The van der Waals surface area contributed by atoms with Crippen molar-refractivity contribution in [2.24, 2.45) is 0 Å². The number of aromatic nitrogens is 4. The van der Waals surface area contributed by atoms with E-state index in [0.717, 1.165) is 44.1 Å². The van der Waals surface area contributed by atoms with E-state index in [9.17, 15) is 0 Å². The molecule has 0 atom stereocenters. The molecule has 0 saturated heterocycles. The zero-order valence-corrected chi connectivity index (χ0v) is 30.0. The van der Waals surface area contributed by atoms with Crippen LogP contribution in [0.5, 0.6) is 0 Å². The lowest BCUT2D eigenvalue weighted by Crippen LogP contribution is -2.25. The molecule has 0 fully saturated rings. The van der Waals surface area contributed by atoms with E-state index >= 15 is 0 Å². The normalized spacial score (nSPS) is 13.1. The van der Waals surface area contributed by atoms with Crippen molar-refractivity contribution in [1.82, 2.24) is 19.9 Å². The summed E-state index contributed by atoms with van der Waals surface area (Å²) in [5, 5.41) is 1.93. The fourth-order valence-corrected chi connectivity index (χ4v) is 9.31. The van der Waals surface area contributed by atoms with Gasteiger partial charge in [-0.05, 0) is 68.1 Å². The molecular formula is C51H30N4O. The Kier molecular flexibility index (Phi) is 6.48. The third-order valence-electron chi connectivity index (χ3n) is 11.6. The van der Waals surface area contributed by atoms with Gasteiger partial charge >= 0.3 is 0 Å². The van der Waals surface area contributed by atoms with Gasteiger partial charge in [-0.3, -0.25) is 0 Å². The molecular weight excluding hydrogens is 685 g/mol. The molecule has 0 bridgehead atoms. The number of rotatable bonds is 4. The van der Waals surface area contributed by atoms with Crippen LogP contribution in [0, 0.1) is 0 Å². The van der Waals surface area contributed by atoms with Crippen molar-refractivity contribution in [2.45, 2.75) is 5.41 Å². The Morgan fingerprint density at radius 3 is 1.59 bits per heavy atom. The fraction of sp³-hybridized carbons (Fsp3) is 0.0196. The van der Waals surface area contributed by atoms with Crippen molar-refractivity contribution in [1.29, 1.82) is 0 Å². The van der Waals surface area contributed by atoms with Gasteiger partial charge in [0.1, 0.15) is 5.52 Å². The summed E-state index contributed by atoms with van der Waals surface area (Å²) in [4.78, 5) is 20.8. The predicted octanol–water partition coefficient (Wildman–Crippen LogP) is 12.2. The summed E-state index contributed by atoms with van der Waals surface area (Å²) in [5.41, 5.74) is 14.6. The van der Waals surface area contributed by atoms with Crippen molar-refractivity contribution >= 4 is 21.9 Å². The Balaban J connectivity index is 1.14. The largest absolute Gasteiger partial charge is 0.435 e. The molecule has 2 aromatic heterocycles. The van der Waals surface area contributed by atoms with Gasteiger partial charge in [-0.25, -0.2) is 19.9 Å². The third kappa shape index (κ3) is 4.25. The zero-order chi connectivity index (χ0) is 36.8. The van der Waals surface area contributed by atoms with Gasteiger partial charge in [0.15, 0.2) is 23.1 Å². The lowest BCUT2D eigenvalue weighted by molar-refractivity contribution is 0.623. The van der Waals surface area contributed by atoms with Crippen LogP contribution in [-0.4, -0.2) is 19.9 Å². The molecule has 0 unspecified atom stereocenters. The number of benzene rings is 8. The smallest absolute Gasteiger partial charge is 0.227 e. The molecule has 2 aliphatic carbocycles. The Labute approximate surface area is 322 Å². The Morgan fingerprint density at radius 1 is 0.357 bits per heavy atom. The molecule has 0 saturated carbocycles. The molecule has 5 heteroatoms. The van der Waals surface area contributed by atoms with Crippen LogP contribution in [0.1, 0.15) is 22.3 Å². The van der Waals surface area contributed by atoms with E-state index < -0.39 is 5.41 Å². The molecule has 260 valence electrons. The molecule has 0 amide bonds. The molecule has 56 heavy (non-hydrogen) atoms. The summed E-state index contributed by atoms with van der Waals surface area (Å²) >= 11 is 0. The van der Waals surface area contributed by atoms with Crippen LogP contribution in [0.15, 0.2) is 186 Å². The van der Waals surface area contributed by atoms with Crippen LogP contribution in [0.25, 0.3) is 89.7 Å². The lowest BCUT2D eigenvalue weighted by Gasteiger charge is -2.30. The second-order valence-electron chi connectivity index (χ2n) is 14.5. The Hall–Kier alpha value is -7.50. The van der Waals surface area contributed by atoms with E-state index in [1.807, 2.05) is 54.6 Å². The second-order valence-corrected chi connectivity index (χ2v) is 14.5. The van der Waals surface area contributed by atoms with Gasteiger partial charge in [0.2, 0.25) is 5.89 Å². The van der Waals surface area contributed by atoms with Crippen molar-refractivity contribution in [3.05, 3.63) is 204 Å². The Bertz CT molecular complexity index is 3160. The molecule has 0 aliphatic heterocycles. The highest BCUT2D eigenvalue weighted by molar-refractivity contribution is 6.11. The first-order chi connectivity index (χ1) is 27.8. The Morgan fingerprint density at radius 2 is 0.875 bits per heavy atom. The molecule has 0 radical (unpaired) electrons. The summed E-state index contributed by atoms with van der Waals surface area (Å²) in [6.45, 7) is 0. The van der Waals surface area contributed by atoms with Crippen molar-refractivity contribution < 1.29 is 4.42 Å². The maximum atomic E-state index is 6.59. The van der Waals surface area contributed by atoms with Gasteiger partial charge in [0.05, 0.1) is 5.41 Å². The number of nitrogens with zero attached hydrogens (tertiary/aromatic N) is 4. The molecule has 10 aromatic rings. The first kappa shape index (κ1) is 30.9. The number of hydrogen-bond acceptors (Lipinski definition) is 5. The van der Waals surface area contributed by atoms with E-state index in [1.165, 1.54) is 38.9 Å². The topological polar surface area (TPSA) is 64.7 Å². The SMILES string of the molecule is c1ccc(-c2nc(-c3cccc4c3-c3ccccc3C43c4ccccc4-c4ccccc43)nc(-c3cccc4ccc5nc(-c6ccccc6)oc5c34)n2)cc1. The monoisotopic (exact) mass is 714 g/mol. The number of fused-ring (bicyclic) bond motifs is 13. The summed E-state index contributed by atoms with van der Waals surface area (Å²) in [5.74, 6) is 2.36. The van der Waals surface area contributed by atoms with Crippen LogP contribution in [0.4, 0.5) is 0 Å². The minimum atomic E-state index is -0.475. The van der Waals surface area contributed by atoms with Crippen molar-refractivity contribution in [2.75, 3.05) is 0 Å². The standard InChI is InChI=1S/C51H30N4O/c1-3-15-32(16-4-1)47-53-48(37-23-13-19-31-29-30-43-46(44(31)37)56-50(52-43)33-17-5-2-6-18-33)55-49(54-47)38-24-14-28-42-45(38)36-22-9-12-27-41(36)51(42)39-25-10-7-20-34(39)35-21-8-11-26-40(35)51/h1-30H. The number of oxazole rings is 1. The maximum absolute atomic E-state index is 6.59. The molecule has 1 spiro atoms. The van der Waals surface area contributed by atoms with Gasteiger partial charge in [-0.2, -0.15) is 0 Å². The molecule has 2 heterocycles. The second kappa shape index (κ2) is 11.7. The highest BCUT2D eigenvalue weighted by Gasteiger charge is 2.52. The molecule has 5 nitrogen and oxygen atoms in total. The number of hydrogen-bond donors (Lipinski definition) is 0. The van der Waals surface area contributed by atoms with E-state index in [4.69, 9.17) is 24.4 Å². The van der Waals surface area contributed by atoms with Gasteiger partial charge in [-0.1, -0.05) is 164 Å². The summed E-state index contributed by atoms with van der Waals surface area (Å²) in [7, 11) is 0. The molecule has 0 N–H and O–H groups in total. The van der Waals surface area contributed by atoms with Crippen molar-refractivity contribution in [3.63, 3.8) is 0 Å². The zero-order valence-electron chi connectivity index (χ0n) is 30.0. The average Bonchev–Trinajstić information content (AvgIpc) is 3.94. The van der Waals surface area contributed by atoms with Gasteiger partial charge in [-0.15, -0.1) is 0 Å². The fourth-order valence-electron chi connectivity index (χ4n) is 9.31. The molecule has 8 aromatic carbocycles. The maximum Gasteiger partial charge on any atom is 0.227 e. The van der Waals surface area contributed by atoms with Crippen LogP contribution < -0.4 is 0 Å². The van der Waals surface area contributed by atoms with E-state index in [1.54, 1.807) is 0 Å². The van der Waals surface area contributed by atoms with E-state index in [-0.39, 0.29) is 0 Å². The van der Waals surface area contributed by atoms with Crippen molar-refractivity contribution in [3.8, 4) is 67.9 Å². The summed E-state index contributed by atoms with van der Waals surface area (Å²) < 4.78 is 6.59.